The molecule has 0 amide bonds. The van der Waals surface area contributed by atoms with Gasteiger partial charge in [-0.3, -0.25) is 0 Å². The topological polar surface area (TPSA) is 30.5 Å². The van der Waals surface area contributed by atoms with Gasteiger partial charge >= 0.3 is 0 Å². The van der Waals surface area contributed by atoms with Crippen molar-refractivity contribution in [1.82, 2.24) is 5.32 Å². The Bertz CT molecular complexity index is 153. The standard InChI is InChI=1S/C12H25NO2/c1-3-15-10-6-9-13-11-7-4-5-8-12(11)14-2/h11-13H,3-10H2,1-2H3. The van der Waals surface area contributed by atoms with Gasteiger partial charge in [0.05, 0.1) is 6.10 Å². The minimum absolute atomic E-state index is 0.422. The van der Waals surface area contributed by atoms with Crippen LogP contribution < -0.4 is 5.32 Å². The van der Waals surface area contributed by atoms with Gasteiger partial charge in [-0.15, -0.1) is 0 Å². The van der Waals surface area contributed by atoms with E-state index in [1.165, 1.54) is 25.7 Å². The third-order valence-electron chi connectivity index (χ3n) is 3.08. The Morgan fingerprint density at radius 1 is 1.27 bits per heavy atom. The summed E-state index contributed by atoms with van der Waals surface area (Å²) in [5, 5.41) is 3.58. The molecule has 1 aliphatic rings. The van der Waals surface area contributed by atoms with Crippen LogP contribution in [0.15, 0.2) is 0 Å². The number of hydrogen-bond donors (Lipinski definition) is 1. The number of ether oxygens (including phenoxy) is 2. The second-order valence-corrected chi connectivity index (χ2v) is 4.17. The number of nitrogens with one attached hydrogen (secondary N) is 1. The van der Waals surface area contributed by atoms with E-state index in [1.54, 1.807) is 0 Å². The molecule has 0 bridgehead atoms. The second kappa shape index (κ2) is 8.08. The lowest BCUT2D eigenvalue weighted by Gasteiger charge is -2.31. The molecule has 0 aromatic rings. The molecule has 15 heavy (non-hydrogen) atoms. The summed E-state index contributed by atoms with van der Waals surface area (Å²) in [5.74, 6) is 0. The number of rotatable bonds is 7. The van der Waals surface area contributed by atoms with Crippen molar-refractivity contribution in [1.29, 1.82) is 0 Å². The minimum atomic E-state index is 0.422. The van der Waals surface area contributed by atoms with E-state index in [2.05, 4.69) is 5.32 Å². The van der Waals surface area contributed by atoms with Crippen LogP contribution in [0, 0.1) is 0 Å². The van der Waals surface area contributed by atoms with E-state index in [4.69, 9.17) is 9.47 Å². The lowest BCUT2D eigenvalue weighted by atomic mass is 9.92. The smallest absolute Gasteiger partial charge is 0.0724 e. The van der Waals surface area contributed by atoms with Gasteiger partial charge in [0, 0.05) is 26.4 Å². The third kappa shape index (κ3) is 4.96. The van der Waals surface area contributed by atoms with E-state index in [1.807, 2.05) is 14.0 Å². The summed E-state index contributed by atoms with van der Waals surface area (Å²) >= 11 is 0. The molecule has 3 nitrogen and oxygen atoms in total. The normalized spacial score (nSPS) is 26.8. The van der Waals surface area contributed by atoms with Gasteiger partial charge in [0.25, 0.3) is 0 Å². The van der Waals surface area contributed by atoms with Crippen LogP contribution in [-0.4, -0.2) is 39.0 Å². The van der Waals surface area contributed by atoms with Crippen LogP contribution in [0.4, 0.5) is 0 Å². The molecule has 3 heteroatoms. The number of methoxy groups -OCH3 is 1. The van der Waals surface area contributed by atoms with Gasteiger partial charge < -0.3 is 14.8 Å². The van der Waals surface area contributed by atoms with Crippen LogP contribution in [0.3, 0.4) is 0 Å². The minimum Gasteiger partial charge on any atom is -0.382 e. The molecule has 1 aliphatic carbocycles. The average Bonchev–Trinajstić information content (AvgIpc) is 2.29. The largest absolute Gasteiger partial charge is 0.382 e. The van der Waals surface area contributed by atoms with Crippen molar-refractivity contribution < 1.29 is 9.47 Å². The lowest BCUT2D eigenvalue weighted by Crippen LogP contribution is -2.43. The molecule has 0 saturated heterocycles. The first-order chi connectivity index (χ1) is 7.38. The quantitative estimate of drug-likeness (QED) is 0.659. The summed E-state index contributed by atoms with van der Waals surface area (Å²) in [6, 6.07) is 0.561. The average molecular weight is 215 g/mol. The first-order valence-electron chi connectivity index (χ1n) is 6.22. The zero-order chi connectivity index (χ0) is 10.9. The molecule has 0 aromatic carbocycles. The fourth-order valence-electron chi connectivity index (χ4n) is 2.22. The van der Waals surface area contributed by atoms with Crippen molar-refractivity contribution in [2.24, 2.45) is 0 Å². The Labute approximate surface area is 93.5 Å². The second-order valence-electron chi connectivity index (χ2n) is 4.17. The Morgan fingerprint density at radius 2 is 2.07 bits per heavy atom. The first kappa shape index (κ1) is 12.9. The molecule has 1 rings (SSSR count). The molecule has 1 N–H and O–H groups in total. The molecular weight excluding hydrogens is 190 g/mol. The van der Waals surface area contributed by atoms with E-state index in [0.717, 1.165) is 26.2 Å². The van der Waals surface area contributed by atoms with Crippen LogP contribution >= 0.6 is 0 Å². The maximum absolute atomic E-state index is 5.49. The van der Waals surface area contributed by atoms with Gasteiger partial charge in [0.1, 0.15) is 0 Å². The molecule has 2 unspecified atom stereocenters. The summed E-state index contributed by atoms with van der Waals surface area (Å²) in [4.78, 5) is 0. The van der Waals surface area contributed by atoms with E-state index in [9.17, 15) is 0 Å². The monoisotopic (exact) mass is 215 g/mol. The summed E-state index contributed by atoms with van der Waals surface area (Å²) in [5.41, 5.74) is 0. The van der Waals surface area contributed by atoms with Crippen LogP contribution in [0.2, 0.25) is 0 Å². The van der Waals surface area contributed by atoms with E-state index in [0.29, 0.717) is 12.1 Å². The maximum atomic E-state index is 5.49. The Hall–Kier alpha value is -0.120. The first-order valence-corrected chi connectivity index (χ1v) is 6.22. The SMILES string of the molecule is CCOCCCNC1CCCCC1OC. The van der Waals surface area contributed by atoms with Crippen molar-refractivity contribution in [2.45, 2.75) is 51.2 Å². The highest BCUT2D eigenvalue weighted by Crippen LogP contribution is 2.20. The van der Waals surface area contributed by atoms with Crippen LogP contribution in [0.5, 0.6) is 0 Å². The Balaban J connectivity index is 2.07. The van der Waals surface area contributed by atoms with Crippen molar-refractivity contribution in [3.05, 3.63) is 0 Å². The van der Waals surface area contributed by atoms with Crippen molar-refractivity contribution in [2.75, 3.05) is 26.9 Å². The zero-order valence-corrected chi connectivity index (χ0v) is 10.1. The molecular formula is C12H25NO2. The highest BCUT2D eigenvalue weighted by Gasteiger charge is 2.23. The van der Waals surface area contributed by atoms with Gasteiger partial charge in [-0.1, -0.05) is 12.8 Å². The highest BCUT2D eigenvalue weighted by atomic mass is 16.5. The van der Waals surface area contributed by atoms with E-state index in [-0.39, 0.29) is 0 Å². The van der Waals surface area contributed by atoms with Crippen LogP contribution in [-0.2, 0) is 9.47 Å². The fourth-order valence-corrected chi connectivity index (χ4v) is 2.22. The predicted octanol–water partition coefficient (Wildman–Crippen LogP) is 1.96. The van der Waals surface area contributed by atoms with Crippen molar-refractivity contribution in [3.8, 4) is 0 Å². The lowest BCUT2D eigenvalue weighted by molar-refractivity contribution is 0.0408. The summed E-state index contributed by atoms with van der Waals surface area (Å²) in [7, 11) is 1.82. The Kier molecular flexibility index (Phi) is 6.98. The molecule has 1 saturated carbocycles. The molecule has 0 aromatic heterocycles. The molecule has 0 spiro atoms. The molecule has 1 fully saturated rings. The van der Waals surface area contributed by atoms with Gasteiger partial charge in [-0.2, -0.15) is 0 Å². The molecule has 0 radical (unpaired) electrons. The molecule has 2 atom stereocenters. The Morgan fingerprint density at radius 3 is 2.80 bits per heavy atom. The summed E-state index contributed by atoms with van der Waals surface area (Å²) in [6.07, 6.45) is 6.64. The van der Waals surface area contributed by atoms with Gasteiger partial charge in [-0.25, -0.2) is 0 Å². The van der Waals surface area contributed by atoms with E-state index >= 15 is 0 Å². The van der Waals surface area contributed by atoms with Gasteiger partial charge in [-0.05, 0) is 32.7 Å². The molecule has 90 valence electrons. The van der Waals surface area contributed by atoms with Crippen molar-refractivity contribution >= 4 is 0 Å². The van der Waals surface area contributed by atoms with Gasteiger partial charge in [0.2, 0.25) is 0 Å². The molecule has 0 aliphatic heterocycles. The third-order valence-corrected chi connectivity index (χ3v) is 3.08. The summed E-state index contributed by atoms with van der Waals surface area (Å²) in [6.45, 7) is 4.78. The highest BCUT2D eigenvalue weighted by molar-refractivity contribution is 4.81. The predicted molar refractivity (Wildman–Crippen MR) is 62.2 cm³/mol. The zero-order valence-electron chi connectivity index (χ0n) is 10.1. The van der Waals surface area contributed by atoms with Crippen LogP contribution in [0.25, 0.3) is 0 Å². The van der Waals surface area contributed by atoms with E-state index < -0.39 is 0 Å². The fraction of sp³-hybridized carbons (Fsp3) is 1.00. The number of hydrogen-bond acceptors (Lipinski definition) is 3. The van der Waals surface area contributed by atoms with Gasteiger partial charge in [0.15, 0.2) is 0 Å². The van der Waals surface area contributed by atoms with Crippen molar-refractivity contribution in [3.63, 3.8) is 0 Å². The maximum Gasteiger partial charge on any atom is 0.0724 e. The molecule has 0 heterocycles. The van der Waals surface area contributed by atoms with Crippen LogP contribution in [0.1, 0.15) is 39.0 Å². The summed E-state index contributed by atoms with van der Waals surface area (Å²) < 4.78 is 10.8.